The van der Waals surface area contributed by atoms with Crippen LogP contribution in [0.4, 0.5) is 28.4 Å². The average Bonchev–Trinajstić information content (AvgIpc) is 3.02. The summed E-state index contributed by atoms with van der Waals surface area (Å²) in [7, 11) is 0. The van der Waals surface area contributed by atoms with E-state index in [1.807, 2.05) is 0 Å². The molecule has 0 spiro atoms. The zero-order valence-corrected chi connectivity index (χ0v) is 21.3. The third-order valence-corrected chi connectivity index (χ3v) is 8.57. The lowest BCUT2D eigenvalue weighted by Gasteiger charge is -2.49. The molecule has 0 N–H and O–H groups in total. The van der Waals surface area contributed by atoms with E-state index in [4.69, 9.17) is 0 Å². The predicted octanol–water partition coefficient (Wildman–Crippen LogP) is 8.04. The van der Waals surface area contributed by atoms with E-state index >= 15 is 0 Å². The second kappa shape index (κ2) is 7.75. The molecule has 0 fully saturated rings. The molecule has 39 heavy (non-hydrogen) atoms. The van der Waals surface area contributed by atoms with E-state index in [9.17, 15) is 0 Å². The molecule has 0 radical (unpaired) electrons. The predicted molar refractivity (Wildman–Crippen MR) is 165 cm³/mol. The highest BCUT2D eigenvalue weighted by molar-refractivity contribution is 6.95. The van der Waals surface area contributed by atoms with Crippen LogP contribution in [0.1, 0.15) is 0 Å². The highest BCUT2D eigenvalue weighted by atomic mass is 15.2. The lowest BCUT2D eigenvalue weighted by atomic mass is 9.41. The van der Waals surface area contributed by atoms with Gasteiger partial charge in [0.05, 0.1) is 0 Å². The molecular formula is C36H23BN2. The summed E-state index contributed by atoms with van der Waals surface area (Å²) in [6.45, 7) is 0.126. The van der Waals surface area contributed by atoms with Crippen molar-refractivity contribution in [2.75, 3.05) is 9.71 Å². The van der Waals surface area contributed by atoms with Crippen molar-refractivity contribution in [3.8, 4) is 33.4 Å². The lowest BCUT2D eigenvalue weighted by molar-refractivity contribution is 1.26. The molecule has 6 aromatic carbocycles. The van der Waals surface area contributed by atoms with Crippen molar-refractivity contribution in [3.63, 3.8) is 0 Å². The summed E-state index contributed by atoms with van der Waals surface area (Å²) in [5.74, 6) is 0. The van der Waals surface area contributed by atoms with Gasteiger partial charge in [0.1, 0.15) is 0 Å². The van der Waals surface area contributed by atoms with Crippen LogP contribution in [-0.2, 0) is 0 Å². The normalized spacial score (nSPS) is 13.5. The number of nitrogens with zero attached hydrogens (tertiary/aromatic N) is 2. The summed E-state index contributed by atoms with van der Waals surface area (Å²) in [5.41, 5.74) is 16.7. The molecule has 3 aliphatic heterocycles. The Bertz CT molecular complexity index is 1850. The van der Waals surface area contributed by atoms with Crippen LogP contribution in [0.15, 0.2) is 140 Å². The van der Waals surface area contributed by atoms with Crippen LogP contribution in [-0.4, -0.2) is 6.85 Å². The van der Waals surface area contributed by atoms with Crippen molar-refractivity contribution in [1.82, 2.24) is 0 Å². The molecular weight excluding hydrogens is 471 g/mol. The van der Waals surface area contributed by atoms with Crippen LogP contribution in [0.3, 0.4) is 0 Å². The first kappa shape index (κ1) is 21.0. The summed E-state index contributed by atoms with van der Waals surface area (Å²) < 4.78 is 0. The summed E-state index contributed by atoms with van der Waals surface area (Å²) in [4.78, 5) is 5.07. The fourth-order valence-corrected chi connectivity index (χ4v) is 7.04. The zero-order valence-electron chi connectivity index (χ0n) is 21.3. The monoisotopic (exact) mass is 494 g/mol. The maximum absolute atomic E-state index is 2.58. The van der Waals surface area contributed by atoms with Gasteiger partial charge in [0.15, 0.2) is 0 Å². The van der Waals surface area contributed by atoms with Gasteiger partial charge in [0.2, 0.25) is 0 Å². The minimum absolute atomic E-state index is 0.126. The Morgan fingerprint density at radius 1 is 0.385 bits per heavy atom. The van der Waals surface area contributed by atoms with Gasteiger partial charge in [-0.15, -0.1) is 0 Å². The van der Waals surface area contributed by atoms with E-state index < -0.39 is 0 Å². The van der Waals surface area contributed by atoms with Crippen molar-refractivity contribution in [2.45, 2.75) is 0 Å². The molecule has 0 saturated carbocycles. The van der Waals surface area contributed by atoms with Crippen LogP contribution < -0.4 is 20.6 Å². The number of rotatable bonds is 2. The molecule has 0 unspecified atom stereocenters. The Morgan fingerprint density at radius 3 is 1.51 bits per heavy atom. The first-order chi connectivity index (χ1) is 19.4. The quantitative estimate of drug-likeness (QED) is 0.225. The third kappa shape index (κ3) is 2.77. The second-order valence-electron chi connectivity index (χ2n) is 10.5. The van der Waals surface area contributed by atoms with E-state index in [1.165, 1.54) is 72.7 Å². The maximum Gasteiger partial charge on any atom is 0.333 e. The zero-order chi connectivity index (χ0) is 25.5. The molecule has 0 amide bonds. The molecule has 3 heteroatoms. The van der Waals surface area contributed by atoms with Crippen molar-refractivity contribution >= 4 is 46.2 Å². The van der Waals surface area contributed by atoms with Gasteiger partial charge in [-0.25, -0.2) is 0 Å². The first-order valence-corrected chi connectivity index (χ1v) is 13.6. The molecule has 2 nitrogen and oxygen atoms in total. The summed E-state index contributed by atoms with van der Waals surface area (Å²) in [5, 5.41) is 0. The van der Waals surface area contributed by atoms with Crippen LogP contribution in [0.5, 0.6) is 0 Å². The second-order valence-corrected chi connectivity index (χ2v) is 10.5. The summed E-state index contributed by atoms with van der Waals surface area (Å²) in [6, 6.07) is 51.1. The Hall–Kier alpha value is -5.02. The standard InChI is InChI=1S/C36H23BN2/c1-2-11-24(12-3-1)25-13-8-14-26(23-25)38-33-21-9-17-29-27-15-4-6-19-31(27)39-32-20-7-5-16-28(32)30-18-10-22-34(38)36(30)37(39)35(29)33/h1-23H. The molecule has 180 valence electrons. The number of fused-ring (bicyclic) bond motifs is 6. The molecule has 0 aliphatic carbocycles. The highest BCUT2D eigenvalue weighted by Crippen LogP contribution is 2.51. The van der Waals surface area contributed by atoms with Gasteiger partial charge in [-0.05, 0) is 69.6 Å². The SMILES string of the molecule is c1ccc(-c2cccc(N3c4cccc5c4B4c6c(cccc63)-c3ccccc3N4c3ccccc3-5)c2)cc1. The van der Waals surface area contributed by atoms with Crippen molar-refractivity contribution in [1.29, 1.82) is 0 Å². The highest BCUT2D eigenvalue weighted by Gasteiger charge is 2.48. The van der Waals surface area contributed by atoms with Gasteiger partial charge >= 0.3 is 6.85 Å². The molecule has 3 heterocycles. The van der Waals surface area contributed by atoms with Crippen molar-refractivity contribution in [3.05, 3.63) is 140 Å². The van der Waals surface area contributed by atoms with Gasteiger partial charge in [0.25, 0.3) is 0 Å². The van der Waals surface area contributed by atoms with Crippen LogP contribution in [0.25, 0.3) is 33.4 Å². The summed E-state index contributed by atoms with van der Waals surface area (Å²) >= 11 is 0. The molecule has 0 saturated heterocycles. The number of hydrogen-bond donors (Lipinski definition) is 0. The van der Waals surface area contributed by atoms with Crippen LogP contribution >= 0.6 is 0 Å². The maximum atomic E-state index is 2.58. The Labute approximate surface area is 228 Å². The van der Waals surface area contributed by atoms with Gasteiger partial charge in [0, 0.05) is 39.6 Å². The lowest BCUT2D eigenvalue weighted by Crippen LogP contribution is -2.63. The van der Waals surface area contributed by atoms with E-state index in [0.29, 0.717) is 0 Å². The molecule has 6 aromatic rings. The van der Waals surface area contributed by atoms with Crippen LogP contribution in [0.2, 0.25) is 0 Å². The Morgan fingerprint density at radius 2 is 0.872 bits per heavy atom. The first-order valence-electron chi connectivity index (χ1n) is 13.6. The molecule has 0 aromatic heterocycles. The fourth-order valence-electron chi connectivity index (χ4n) is 7.04. The topological polar surface area (TPSA) is 6.48 Å². The minimum Gasteiger partial charge on any atom is -0.376 e. The molecule has 0 atom stereocenters. The number of anilines is 5. The minimum atomic E-state index is 0.126. The average molecular weight is 494 g/mol. The number of benzene rings is 6. The van der Waals surface area contributed by atoms with Crippen molar-refractivity contribution in [2.24, 2.45) is 0 Å². The van der Waals surface area contributed by atoms with E-state index in [0.717, 1.165) is 0 Å². The van der Waals surface area contributed by atoms with Gasteiger partial charge in [-0.3, -0.25) is 0 Å². The van der Waals surface area contributed by atoms with Crippen LogP contribution in [0, 0.1) is 0 Å². The van der Waals surface area contributed by atoms with E-state index in [1.54, 1.807) is 0 Å². The molecule has 3 aliphatic rings. The van der Waals surface area contributed by atoms with E-state index in [-0.39, 0.29) is 6.85 Å². The van der Waals surface area contributed by atoms with Crippen molar-refractivity contribution < 1.29 is 0 Å². The molecule has 0 bridgehead atoms. The van der Waals surface area contributed by atoms with Gasteiger partial charge in [-0.2, -0.15) is 0 Å². The fraction of sp³-hybridized carbons (Fsp3) is 0. The largest absolute Gasteiger partial charge is 0.376 e. The number of hydrogen-bond acceptors (Lipinski definition) is 2. The number of para-hydroxylation sites is 2. The van der Waals surface area contributed by atoms with Gasteiger partial charge < -0.3 is 9.71 Å². The Kier molecular flexibility index (Phi) is 4.17. The van der Waals surface area contributed by atoms with Gasteiger partial charge in [-0.1, -0.05) is 103 Å². The smallest absolute Gasteiger partial charge is 0.333 e. The molecule has 9 rings (SSSR count). The summed E-state index contributed by atoms with van der Waals surface area (Å²) in [6.07, 6.45) is 0. The van der Waals surface area contributed by atoms with E-state index in [2.05, 4.69) is 149 Å². The Balaban J connectivity index is 1.39. The third-order valence-electron chi connectivity index (χ3n) is 8.57.